The minimum Gasteiger partial charge on any atom is -0.481 e. The van der Waals surface area contributed by atoms with E-state index in [2.05, 4.69) is 26.8 Å². The Labute approximate surface area is 150 Å². The second-order valence-electron chi connectivity index (χ2n) is 5.72. The molecule has 0 bridgehead atoms. The summed E-state index contributed by atoms with van der Waals surface area (Å²) in [6.45, 7) is 3.79. The van der Waals surface area contributed by atoms with Crippen LogP contribution >= 0.6 is 23.2 Å². The predicted molar refractivity (Wildman–Crippen MR) is 93.3 cm³/mol. The van der Waals surface area contributed by atoms with E-state index in [0.29, 0.717) is 27.9 Å². The zero-order valence-electron chi connectivity index (χ0n) is 13.4. The van der Waals surface area contributed by atoms with Gasteiger partial charge in [0.2, 0.25) is 11.8 Å². The maximum atomic E-state index is 6.29. The Morgan fingerprint density at radius 1 is 1.12 bits per heavy atom. The van der Waals surface area contributed by atoms with Crippen LogP contribution in [0.5, 0.6) is 11.8 Å². The molecule has 0 unspecified atom stereocenters. The van der Waals surface area contributed by atoms with Gasteiger partial charge in [0.1, 0.15) is 11.3 Å². The summed E-state index contributed by atoms with van der Waals surface area (Å²) in [6, 6.07) is 1.86. The smallest absolute Gasteiger partial charge is 0.232 e. The number of piperidine rings is 1. The first-order valence-electron chi connectivity index (χ1n) is 7.65. The molecule has 6 nitrogen and oxygen atoms in total. The van der Waals surface area contributed by atoms with Crippen molar-refractivity contribution in [2.75, 3.05) is 25.1 Å². The maximum absolute atomic E-state index is 6.29. The van der Waals surface area contributed by atoms with Gasteiger partial charge in [-0.3, -0.25) is 0 Å². The minimum absolute atomic E-state index is 0.0687. The van der Waals surface area contributed by atoms with Gasteiger partial charge in [-0.2, -0.15) is 0 Å². The third-order valence-electron chi connectivity index (χ3n) is 4.06. The molecule has 0 aromatic carbocycles. The first-order valence-corrected chi connectivity index (χ1v) is 8.41. The molecule has 128 valence electrons. The van der Waals surface area contributed by atoms with Crippen molar-refractivity contribution in [3.05, 3.63) is 34.8 Å². The highest BCUT2D eigenvalue weighted by Gasteiger charge is 2.29. The number of rotatable bonds is 4. The lowest BCUT2D eigenvalue weighted by Gasteiger charge is -2.38. The normalized spacial score (nSPS) is 20.8. The van der Waals surface area contributed by atoms with E-state index in [1.165, 1.54) is 6.20 Å². The topological polar surface area (TPSA) is 60.4 Å². The van der Waals surface area contributed by atoms with Crippen molar-refractivity contribution in [3.63, 3.8) is 0 Å². The second-order valence-corrected chi connectivity index (χ2v) is 6.52. The highest BCUT2D eigenvalue weighted by atomic mass is 35.5. The molecule has 24 heavy (non-hydrogen) atoms. The van der Waals surface area contributed by atoms with Crippen LogP contribution in [0.25, 0.3) is 0 Å². The molecular formula is C16H18Cl2N4O2. The van der Waals surface area contributed by atoms with Gasteiger partial charge in [0.05, 0.1) is 36.4 Å². The molecule has 0 N–H and O–H groups in total. The number of ether oxygens (including phenoxy) is 2. The van der Waals surface area contributed by atoms with Gasteiger partial charge < -0.3 is 14.4 Å². The summed E-state index contributed by atoms with van der Waals surface area (Å²) in [4.78, 5) is 14.5. The van der Waals surface area contributed by atoms with Crippen LogP contribution in [0.15, 0.2) is 24.7 Å². The molecule has 2 aromatic heterocycles. The first-order chi connectivity index (χ1) is 11.6. The van der Waals surface area contributed by atoms with Crippen molar-refractivity contribution in [2.24, 2.45) is 5.92 Å². The lowest BCUT2D eigenvalue weighted by atomic mass is 9.96. The van der Waals surface area contributed by atoms with Crippen LogP contribution in [-0.4, -0.2) is 41.3 Å². The Bertz CT molecular complexity index is 699. The van der Waals surface area contributed by atoms with Gasteiger partial charge in [-0.1, -0.05) is 30.1 Å². The van der Waals surface area contributed by atoms with Crippen LogP contribution in [0, 0.1) is 5.92 Å². The van der Waals surface area contributed by atoms with E-state index in [4.69, 9.17) is 32.7 Å². The van der Waals surface area contributed by atoms with E-state index in [1.54, 1.807) is 19.5 Å². The van der Waals surface area contributed by atoms with E-state index >= 15 is 0 Å². The zero-order valence-corrected chi connectivity index (χ0v) is 15.0. The Balaban J connectivity index is 1.68. The Hall–Kier alpha value is -1.79. The van der Waals surface area contributed by atoms with Crippen LogP contribution < -0.4 is 14.4 Å². The molecule has 1 fully saturated rings. The van der Waals surface area contributed by atoms with Crippen molar-refractivity contribution < 1.29 is 9.47 Å². The van der Waals surface area contributed by atoms with E-state index < -0.39 is 0 Å². The van der Waals surface area contributed by atoms with Crippen LogP contribution in [0.2, 0.25) is 10.2 Å². The Morgan fingerprint density at radius 2 is 1.92 bits per heavy atom. The van der Waals surface area contributed by atoms with E-state index in [0.717, 1.165) is 25.2 Å². The molecule has 0 radical (unpaired) electrons. The molecule has 1 aliphatic heterocycles. The average molecular weight is 369 g/mol. The molecule has 0 spiro atoms. The molecule has 1 aliphatic rings. The summed E-state index contributed by atoms with van der Waals surface area (Å²) in [5, 5.41) is 0.970. The van der Waals surface area contributed by atoms with Crippen LogP contribution in [0.1, 0.15) is 13.3 Å². The van der Waals surface area contributed by atoms with Crippen LogP contribution in [0.4, 0.5) is 5.69 Å². The van der Waals surface area contributed by atoms with Crippen molar-refractivity contribution in [3.8, 4) is 11.8 Å². The fourth-order valence-corrected chi connectivity index (χ4v) is 3.12. The van der Waals surface area contributed by atoms with Crippen molar-refractivity contribution in [1.29, 1.82) is 0 Å². The van der Waals surface area contributed by atoms with Gasteiger partial charge in [0.25, 0.3) is 0 Å². The fourth-order valence-electron chi connectivity index (χ4n) is 2.80. The summed E-state index contributed by atoms with van der Waals surface area (Å²) in [7, 11) is 1.59. The van der Waals surface area contributed by atoms with Gasteiger partial charge in [0, 0.05) is 31.5 Å². The van der Waals surface area contributed by atoms with Crippen molar-refractivity contribution >= 4 is 28.9 Å². The Kier molecular flexibility index (Phi) is 5.26. The number of hydrogen-bond donors (Lipinski definition) is 0. The molecule has 1 saturated heterocycles. The first kappa shape index (κ1) is 17.0. The number of pyridine rings is 1. The minimum atomic E-state index is 0.0687. The second kappa shape index (κ2) is 7.40. The number of halogens is 2. The van der Waals surface area contributed by atoms with Gasteiger partial charge in [-0.15, -0.1) is 0 Å². The van der Waals surface area contributed by atoms with Crippen LogP contribution in [0.3, 0.4) is 0 Å². The third-order valence-corrected chi connectivity index (χ3v) is 4.54. The standard InChI is InChI=1S/C16H18Cl2N4O2/c1-10-9-22(12-5-15(23-2)20-6-11(12)17)4-3-13(10)24-16-8-19-14(18)7-21-16/h5-8,10,13H,3-4,9H2,1-2H3/t10-,13-/m1/s1. The summed E-state index contributed by atoms with van der Waals surface area (Å²) in [6.07, 6.45) is 5.57. The van der Waals surface area contributed by atoms with Gasteiger partial charge in [0.15, 0.2) is 0 Å². The number of anilines is 1. The fraction of sp³-hybridized carbons (Fsp3) is 0.438. The lowest BCUT2D eigenvalue weighted by molar-refractivity contribution is 0.115. The number of nitrogens with zero attached hydrogens (tertiary/aromatic N) is 4. The monoisotopic (exact) mass is 368 g/mol. The number of aromatic nitrogens is 3. The average Bonchev–Trinajstić information content (AvgIpc) is 2.59. The van der Waals surface area contributed by atoms with Crippen molar-refractivity contribution in [1.82, 2.24) is 15.0 Å². The molecular weight excluding hydrogens is 351 g/mol. The highest BCUT2D eigenvalue weighted by molar-refractivity contribution is 6.33. The summed E-state index contributed by atoms with van der Waals surface area (Å²) < 4.78 is 11.1. The maximum Gasteiger partial charge on any atom is 0.232 e. The van der Waals surface area contributed by atoms with Gasteiger partial charge >= 0.3 is 0 Å². The molecule has 3 heterocycles. The molecule has 3 rings (SSSR count). The third kappa shape index (κ3) is 3.82. The molecule has 0 aliphatic carbocycles. The van der Waals surface area contributed by atoms with E-state index in [1.807, 2.05) is 6.07 Å². The molecule has 0 saturated carbocycles. The van der Waals surface area contributed by atoms with Gasteiger partial charge in [-0.25, -0.2) is 15.0 Å². The molecule has 8 heteroatoms. The SMILES string of the molecule is COc1cc(N2CC[C@@H](Oc3cnc(Cl)cn3)[C@H](C)C2)c(Cl)cn1. The highest BCUT2D eigenvalue weighted by Crippen LogP contribution is 2.32. The Morgan fingerprint density at radius 3 is 2.58 bits per heavy atom. The van der Waals surface area contributed by atoms with Crippen molar-refractivity contribution in [2.45, 2.75) is 19.4 Å². The molecule has 2 aromatic rings. The quantitative estimate of drug-likeness (QED) is 0.823. The van der Waals surface area contributed by atoms with Crippen LogP contribution in [-0.2, 0) is 0 Å². The summed E-state index contributed by atoms with van der Waals surface area (Å²) >= 11 is 12.0. The summed E-state index contributed by atoms with van der Waals surface area (Å²) in [5.74, 6) is 1.34. The molecule has 0 amide bonds. The predicted octanol–water partition coefficient (Wildman–Crippen LogP) is 3.48. The number of methoxy groups -OCH3 is 1. The van der Waals surface area contributed by atoms with E-state index in [-0.39, 0.29) is 6.10 Å². The lowest BCUT2D eigenvalue weighted by Crippen LogP contribution is -2.44. The largest absolute Gasteiger partial charge is 0.481 e. The van der Waals surface area contributed by atoms with Gasteiger partial charge in [-0.05, 0) is 0 Å². The summed E-state index contributed by atoms with van der Waals surface area (Å²) in [5.41, 5.74) is 0.931. The van der Waals surface area contributed by atoms with E-state index in [9.17, 15) is 0 Å². The zero-order chi connectivity index (χ0) is 17.1. The molecule has 2 atom stereocenters. The number of hydrogen-bond acceptors (Lipinski definition) is 6.